The molecular weight excluding hydrogens is 406 g/mol. The first-order chi connectivity index (χ1) is 15.1. The van der Waals surface area contributed by atoms with Crippen LogP contribution in [0.3, 0.4) is 0 Å². The molecule has 0 aromatic heterocycles. The number of pyridine rings is 1. The van der Waals surface area contributed by atoms with Crippen LogP contribution >= 0.6 is 11.8 Å². The van der Waals surface area contributed by atoms with Crippen molar-refractivity contribution in [2.45, 2.75) is 42.9 Å². The molecule has 0 saturated heterocycles. The lowest BCUT2D eigenvalue weighted by molar-refractivity contribution is 0.180. The number of aromatic nitrogens is 2. The van der Waals surface area contributed by atoms with Crippen LogP contribution in [0, 0.1) is 6.92 Å². The van der Waals surface area contributed by atoms with Crippen molar-refractivity contribution in [3.8, 4) is 34.0 Å². The predicted molar refractivity (Wildman–Crippen MR) is 124 cm³/mol. The van der Waals surface area contributed by atoms with Crippen molar-refractivity contribution in [1.29, 1.82) is 0 Å². The second-order valence-electron chi connectivity index (χ2n) is 7.98. The van der Waals surface area contributed by atoms with Gasteiger partial charge in [0.15, 0.2) is 5.82 Å². The summed E-state index contributed by atoms with van der Waals surface area (Å²) in [7, 11) is 0. The van der Waals surface area contributed by atoms with Gasteiger partial charge in [-0.2, -0.15) is 4.73 Å². The number of fused-ring (bicyclic) bond motifs is 1. The molecule has 3 N–H and O–H groups in total. The van der Waals surface area contributed by atoms with Crippen LogP contribution in [0.15, 0.2) is 65.7 Å². The van der Waals surface area contributed by atoms with Gasteiger partial charge in [-0.1, -0.05) is 18.6 Å². The SMILES string of the molecule is Cc1cc(-c2cc(SC3CCC3)ccc2Oc2cccc(CN)c2)c2ccnc-2n1O. The number of nitrogens with zero attached hydrogens (tertiary/aromatic N) is 2. The fraction of sp³-hybridized carbons (Fsp3) is 0.240. The molecule has 1 aliphatic carbocycles. The van der Waals surface area contributed by atoms with Crippen LogP contribution in [0.2, 0.25) is 0 Å². The van der Waals surface area contributed by atoms with E-state index in [1.807, 2.05) is 61.2 Å². The zero-order valence-electron chi connectivity index (χ0n) is 17.4. The van der Waals surface area contributed by atoms with Gasteiger partial charge >= 0.3 is 0 Å². The molecule has 5 rings (SSSR count). The van der Waals surface area contributed by atoms with Gasteiger partial charge in [-0.25, -0.2) is 4.98 Å². The van der Waals surface area contributed by atoms with E-state index in [1.165, 1.54) is 24.2 Å². The molecule has 0 radical (unpaired) electrons. The summed E-state index contributed by atoms with van der Waals surface area (Å²) in [6, 6.07) is 18.2. The highest BCUT2D eigenvalue weighted by atomic mass is 32.2. The zero-order valence-corrected chi connectivity index (χ0v) is 18.2. The van der Waals surface area contributed by atoms with E-state index in [9.17, 15) is 5.21 Å². The molecule has 0 atom stereocenters. The summed E-state index contributed by atoms with van der Waals surface area (Å²) in [4.78, 5) is 5.58. The summed E-state index contributed by atoms with van der Waals surface area (Å²) in [6.07, 6.45) is 5.59. The Kier molecular flexibility index (Phi) is 5.34. The normalized spacial score (nSPS) is 14.0. The summed E-state index contributed by atoms with van der Waals surface area (Å²) in [5.41, 5.74) is 10.4. The van der Waals surface area contributed by atoms with Crippen molar-refractivity contribution in [3.05, 3.63) is 72.1 Å². The first-order valence-electron chi connectivity index (χ1n) is 10.6. The van der Waals surface area contributed by atoms with Gasteiger partial charge < -0.3 is 15.7 Å². The Bertz CT molecular complexity index is 1200. The first-order valence-corrected chi connectivity index (χ1v) is 11.4. The minimum atomic E-state index is 0.467. The molecule has 158 valence electrons. The van der Waals surface area contributed by atoms with Crippen molar-refractivity contribution in [2.75, 3.05) is 0 Å². The van der Waals surface area contributed by atoms with E-state index in [1.54, 1.807) is 6.20 Å². The summed E-state index contributed by atoms with van der Waals surface area (Å²) in [6.45, 7) is 2.34. The lowest BCUT2D eigenvalue weighted by Gasteiger charge is -2.25. The molecular formula is C25H25N3O2S. The van der Waals surface area contributed by atoms with Crippen molar-refractivity contribution in [1.82, 2.24) is 9.71 Å². The molecule has 6 heteroatoms. The summed E-state index contributed by atoms with van der Waals surface area (Å²) in [5, 5.41) is 11.1. The van der Waals surface area contributed by atoms with Gasteiger partial charge in [-0.3, -0.25) is 0 Å². The fourth-order valence-electron chi connectivity index (χ4n) is 3.87. The number of benzene rings is 2. The average molecular weight is 432 g/mol. The van der Waals surface area contributed by atoms with Crippen molar-refractivity contribution >= 4 is 11.8 Å². The third-order valence-electron chi connectivity index (χ3n) is 5.82. The lowest BCUT2D eigenvalue weighted by atomic mass is 9.98. The molecule has 1 saturated carbocycles. The molecule has 5 nitrogen and oxygen atoms in total. The maximum absolute atomic E-state index is 10.4. The van der Waals surface area contributed by atoms with Gasteiger partial charge in [0.25, 0.3) is 0 Å². The summed E-state index contributed by atoms with van der Waals surface area (Å²) >= 11 is 1.93. The van der Waals surface area contributed by atoms with Crippen LogP contribution in [-0.4, -0.2) is 20.2 Å². The fourth-order valence-corrected chi connectivity index (χ4v) is 5.16. The average Bonchev–Trinajstić information content (AvgIpc) is 3.25. The summed E-state index contributed by atoms with van der Waals surface area (Å²) in [5.74, 6) is 2.07. The Labute approximate surface area is 186 Å². The molecule has 0 spiro atoms. The topological polar surface area (TPSA) is 73.3 Å². The van der Waals surface area contributed by atoms with Crippen LogP contribution in [-0.2, 0) is 6.54 Å². The number of rotatable bonds is 6. The molecule has 2 heterocycles. The van der Waals surface area contributed by atoms with Gasteiger partial charge in [0, 0.05) is 34.0 Å². The highest BCUT2D eigenvalue weighted by Crippen LogP contribution is 2.44. The molecule has 0 unspecified atom stereocenters. The van der Waals surface area contributed by atoms with Gasteiger partial charge in [-0.15, -0.1) is 11.8 Å². The van der Waals surface area contributed by atoms with E-state index in [0.717, 1.165) is 38.5 Å². The Morgan fingerprint density at radius 3 is 2.74 bits per heavy atom. The highest BCUT2D eigenvalue weighted by molar-refractivity contribution is 8.00. The third kappa shape index (κ3) is 3.89. The number of thioether (sulfide) groups is 1. The van der Waals surface area contributed by atoms with Crippen LogP contribution in [0.5, 0.6) is 11.5 Å². The molecule has 3 aliphatic rings. The van der Waals surface area contributed by atoms with E-state index in [-0.39, 0.29) is 0 Å². The van der Waals surface area contributed by atoms with Crippen LogP contribution < -0.4 is 10.5 Å². The maximum atomic E-state index is 10.4. The number of hydrogen-bond donors (Lipinski definition) is 2. The molecule has 2 aromatic rings. The predicted octanol–water partition coefficient (Wildman–Crippen LogP) is 6.10. The number of aryl methyl sites for hydroxylation is 1. The van der Waals surface area contributed by atoms with E-state index < -0.39 is 0 Å². The monoisotopic (exact) mass is 431 g/mol. The second kappa shape index (κ2) is 8.29. The first kappa shape index (κ1) is 20.0. The van der Waals surface area contributed by atoms with E-state index >= 15 is 0 Å². The van der Waals surface area contributed by atoms with Crippen molar-refractivity contribution in [2.24, 2.45) is 5.73 Å². The largest absolute Gasteiger partial charge is 0.457 e. The van der Waals surface area contributed by atoms with Gasteiger partial charge in [0.05, 0.1) is 5.69 Å². The van der Waals surface area contributed by atoms with Gasteiger partial charge in [0.1, 0.15) is 11.5 Å². The van der Waals surface area contributed by atoms with Gasteiger partial charge in [-0.05, 0) is 73.4 Å². The molecule has 2 aromatic carbocycles. The van der Waals surface area contributed by atoms with Crippen molar-refractivity contribution < 1.29 is 9.94 Å². The number of nitrogens with two attached hydrogens (primary N) is 1. The molecule has 2 aliphatic heterocycles. The Hall–Kier alpha value is -2.96. The van der Waals surface area contributed by atoms with E-state index in [0.29, 0.717) is 23.3 Å². The van der Waals surface area contributed by atoms with Gasteiger partial charge in [0.2, 0.25) is 0 Å². The van der Waals surface area contributed by atoms with E-state index in [2.05, 4.69) is 17.1 Å². The van der Waals surface area contributed by atoms with Crippen molar-refractivity contribution in [3.63, 3.8) is 0 Å². The second-order valence-corrected chi connectivity index (χ2v) is 9.35. The highest BCUT2D eigenvalue weighted by Gasteiger charge is 2.22. The van der Waals surface area contributed by atoms with Crippen LogP contribution in [0.1, 0.15) is 30.5 Å². The lowest BCUT2D eigenvalue weighted by Crippen LogP contribution is -2.12. The Morgan fingerprint density at radius 1 is 1.10 bits per heavy atom. The zero-order chi connectivity index (χ0) is 21.4. The third-order valence-corrected chi connectivity index (χ3v) is 7.15. The molecule has 0 bridgehead atoms. The quantitative estimate of drug-likeness (QED) is 0.361. The maximum Gasteiger partial charge on any atom is 0.176 e. The smallest absolute Gasteiger partial charge is 0.176 e. The van der Waals surface area contributed by atoms with Crippen LogP contribution in [0.4, 0.5) is 0 Å². The van der Waals surface area contributed by atoms with Crippen LogP contribution in [0.25, 0.3) is 22.5 Å². The minimum absolute atomic E-state index is 0.467. The Balaban J connectivity index is 1.62. The standard InChI is InChI=1S/C25H25N3O2S/c1-16-12-22(21-10-11-27-25(21)28(16)29)23-14-20(31-19-6-3-7-19)8-9-24(23)30-18-5-2-4-17(13-18)15-26/h2,4-5,8-14,19,29H,3,6-7,15,26H2,1H3. The summed E-state index contributed by atoms with van der Waals surface area (Å²) < 4.78 is 7.48. The minimum Gasteiger partial charge on any atom is -0.457 e. The number of hydrogen-bond acceptors (Lipinski definition) is 5. The Morgan fingerprint density at radius 2 is 1.97 bits per heavy atom. The molecule has 31 heavy (non-hydrogen) atoms. The molecule has 0 amide bonds. The molecule has 1 fully saturated rings. The van der Waals surface area contributed by atoms with E-state index in [4.69, 9.17) is 10.5 Å². The number of ether oxygens (including phenoxy) is 1.